The minimum Gasteiger partial charge on any atom is -0.392 e. The molecule has 2 fully saturated rings. The van der Waals surface area contributed by atoms with Gasteiger partial charge in [0, 0.05) is 45.3 Å². The lowest BCUT2D eigenvalue weighted by Gasteiger charge is -2.31. The number of aliphatic hydroxyl groups is 1. The molecule has 0 radical (unpaired) electrons. The maximum atomic E-state index is 9.82. The van der Waals surface area contributed by atoms with Crippen molar-refractivity contribution in [1.29, 1.82) is 0 Å². The molecule has 2 unspecified atom stereocenters. The standard InChI is InChI=1S/C12H25N3O/c16-12-4-2-1-3-11(12)14-7-10-15-8-5-13-6-9-15/h11-14,16H,1-10H2. The summed E-state index contributed by atoms with van der Waals surface area (Å²) in [6, 6.07) is 0.344. The Morgan fingerprint density at radius 1 is 1.19 bits per heavy atom. The van der Waals surface area contributed by atoms with Gasteiger partial charge in [0.05, 0.1) is 6.10 Å². The van der Waals surface area contributed by atoms with E-state index in [9.17, 15) is 5.11 Å². The van der Waals surface area contributed by atoms with Gasteiger partial charge in [-0.2, -0.15) is 0 Å². The Bertz CT molecular complexity index is 195. The zero-order valence-electron chi connectivity index (χ0n) is 10.1. The van der Waals surface area contributed by atoms with Crippen LogP contribution in [0.5, 0.6) is 0 Å². The van der Waals surface area contributed by atoms with Crippen LogP contribution in [0.4, 0.5) is 0 Å². The summed E-state index contributed by atoms with van der Waals surface area (Å²) in [5, 5.41) is 16.7. The van der Waals surface area contributed by atoms with E-state index in [0.29, 0.717) is 6.04 Å². The molecule has 4 nitrogen and oxygen atoms in total. The third-order valence-corrected chi connectivity index (χ3v) is 3.77. The molecule has 2 atom stereocenters. The Hall–Kier alpha value is -0.160. The van der Waals surface area contributed by atoms with Crippen LogP contribution in [0, 0.1) is 0 Å². The van der Waals surface area contributed by atoms with Crippen LogP contribution in [0.2, 0.25) is 0 Å². The first-order valence-electron chi connectivity index (χ1n) is 6.71. The molecule has 0 bridgehead atoms. The zero-order chi connectivity index (χ0) is 11.2. The molecule has 16 heavy (non-hydrogen) atoms. The molecule has 1 heterocycles. The van der Waals surface area contributed by atoms with Crippen molar-refractivity contribution in [2.75, 3.05) is 39.3 Å². The van der Waals surface area contributed by atoms with Gasteiger partial charge < -0.3 is 15.7 Å². The van der Waals surface area contributed by atoms with Crippen molar-refractivity contribution in [3.05, 3.63) is 0 Å². The van der Waals surface area contributed by atoms with E-state index in [1.807, 2.05) is 0 Å². The molecule has 2 aliphatic rings. The Kier molecular flexibility index (Phi) is 5.03. The minimum atomic E-state index is -0.114. The van der Waals surface area contributed by atoms with Crippen molar-refractivity contribution in [3.8, 4) is 0 Å². The van der Waals surface area contributed by atoms with Crippen molar-refractivity contribution in [3.63, 3.8) is 0 Å². The number of rotatable bonds is 4. The topological polar surface area (TPSA) is 47.5 Å². The van der Waals surface area contributed by atoms with Gasteiger partial charge in [0.15, 0.2) is 0 Å². The molecule has 1 aliphatic heterocycles. The molecule has 0 aromatic heterocycles. The van der Waals surface area contributed by atoms with E-state index in [4.69, 9.17) is 0 Å². The van der Waals surface area contributed by atoms with Gasteiger partial charge in [-0.1, -0.05) is 12.8 Å². The normalized spacial score (nSPS) is 32.8. The molecule has 2 rings (SSSR count). The highest BCUT2D eigenvalue weighted by Gasteiger charge is 2.22. The lowest BCUT2D eigenvalue weighted by molar-refractivity contribution is 0.0889. The first-order chi connectivity index (χ1) is 7.86. The lowest BCUT2D eigenvalue weighted by atomic mass is 9.93. The second kappa shape index (κ2) is 6.55. The fourth-order valence-electron chi connectivity index (χ4n) is 2.69. The number of nitrogens with zero attached hydrogens (tertiary/aromatic N) is 1. The van der Waals surface area contributed by atoms with Crippen LogP contribution in [0.25, 0.3) is 0 Å². The van der Waals surface area contributed by atoms with E-state index in [1.54, 1.807) is 0 Å². The third kappa shape index (κ3) is 3.70. The smallest absolute Gasteiger partial charge is 0.0693 e. The summed E-state index contributed by atoms with van der Waals surface area (Å²) in [7, 11) is 0. The molecule has 0 spiro atoms. The number of nitrogens with one attached hydrogen (secondary N) is 2. The maximum absolute atomic E-state index is 9.82. The highest BCUT2D eigenvalue weighted by Crippen LogP contribution is 2.17. The van der Waals surface area contributed by atoms with E-state index >= 15 is 0 Å². The van der Waals surface area contributed by atoms with Gasteiger partial charge in [0.2, 0.25) is 0 Å². The monoisotopic (exact) mass is 227 g/mol. The minimum absolute atomic E-state index is 0.114. The summed E-state index contributed by atoms with van der Waals surface area (Å²) < 4.78 is 0. The van der Waals surface area contributed by atoms with Crippen molar-refractivity contribution in [1.82, 2.24) is 15.5 Å². The Morgan fingerprint density at radius 2 is 1.94 bits per heavy atom. The fourth-order valence-corrected chi connectivity index (χ4v) is 2.69. The first-order valence-corrected chi connectivity index (χ1v) is 6.71. The summed E-state index contributed by atoms with van der Waals surface area (Å²) in [6.45, 7) is 6.69. The molecule has 0 aromatic rings. The third-order valence-electron chi connectivity index (χ3n) is 3.77. The highest BCUT2D eigenvalue weighted by molar-refractivity contribution is 4.80. The van der Waals surface area contributed by atoms with Gasteiger partial charge in [0.1, 0.15) is 0 Å². The maximum Gasteiger partial charge on any atom is 0.0693 e. The van der Waals surface area contributed by atoms with E-state index in [1.165, 1.54) is 12.8 Å². The van der Waals surface area contributed by atoms with Crippen LogP contribution in [0.1, 0.15) is 25.7 Å². The molecular weight excluding hydrogens is 202 g/mol. The van der Waals surface area contributed by atoms with Crippen molar-refractivity contribution < 1.29 is 5.11 Å². The summed E-state index contributed by atoms with van der Waals surface area (Å²) in [5.41, 5.74) is 0. The fraction of sp³-hybridized carbons (Fsp3) is 1.00. The molecule has 4 heteroatoms. The van der Waals surface area contributed by atoms with Crippen molar-refractivity contribution >= 4 is 0 Å². The molecule has 3 N–H and O–H groups in total. The van der Waals surface area contributed by atoms with E-state index in [2.05, 4.69) is 15.5 Å². The second-order valence-electron chi connectivity index (χ2n) is 5.00. The Labute approximate surface area is 98.4 Å². The van der Waals surface area contributed by atoms with Crippen LogP contribution in [-0.2, 0) is 0 Å². The van der Waals surface area contributed by atoms with Crippen LogP contribution < -0.4 is 10.6 Å². The summed E-state index contributed by atoms with van der Waals surface area (Å²) in [5.74, 6) is 0. The van der Waals surface area contributed by atoms with Crippen LogP contribution in [0.15, 0.2) is 0 Å². The summed E-state index contributed by atoms with van der Waals surface area (Å²) in [6.07, 6.45) is 4.46. The second-order valence-corrected chi connectivity index (χ2v) is 5.00. The average molecular weight is 227 g/mol. The number of piperazine rings is 1. The van der Waals surface area contributed by atoms with Crippen LogP contribution in [0.3, 0.4) is 0 Å². The molecular formula is C12H25N3O. The van der Waals surface area contributed by atoms with Gasteiger partial charge in [-0.3, -0.25) is 4.90 Å². The highest BCUT2D eigenvalue weighted by atomic mass is 16.3. The molecule has 1 aliphatic carbocycles. The van der Waals surface area contributed by atoms with Gasteiger partial charge in [-0.05, 0) is 12.8 Å². The largest absolute Gasteiger partial charge is 0.392 e. The molecule has 1 saturated heterocycles. The van der Waals surface area contributed by atoms with Gasteiger partial charge in [-0.25, -0.2) is 0 Å². The zero-order valence-corrected chi connectivity index (χ0v) is 10.1. The number of hydrogen-bond acceptors (Lipinski definition) is 4. The number of hydrogen-bond donors (Lipinski definition) is 3. The predicted molar refractivity (Wildman–Crippen MR) is 65.6 cm³/mol. The molecule has 94 valence electrons. The van der Waals surface area contributed by atoms with Gasteiger partial charge in [0.25, 0.3) is 0 Å². The number of aliphatic hydroxyl groups excluding tert-OH is 1. The Morgan fingerprint density at radius 3 is 2.69 bits per heavy atom. The summed E-state index contributed by atoms with van der Waals surface area (Å²) in [4.78, 5) is 2.48. The van der Waals surface area contributed by atoms with Gasteiger partial charge in [-0.15, -0.1) is 0 Å². The molecule has 1 saturated carbocycles. The average Bonchev–Trinajstić information content (AvgIpc) is 2.33. The molecule has 0 aromatic carbocycles. The lowest BCUT2D eigenvalue weighted by Crippen LogP contribution is -2.48. The van der Waals surface area contributed by atoms with Crippen molar-refractivity contribution in [2.45, 2.75) is 37.8 Å². The van der Waals surface area contributed by atoms with Crippen LogP contribution in [-0.4, -0.2) is 61.4 Å². The van der Waals surface area contributed by atoms with Crippen molar-refractivity contribution in [2.24, 2.45) is 0 Å². The van der Waals surface area contributed by atoms with E-state index < -0.39 is 0 Å². The predicted octanol–water partition coefficient (Wildman–Crippen LogP) is -0.215. The Balaban J connectivity index is 1.59. The molecule has 0 amide bonds. The first kappa shape index (κ1) is 12.3. The SMILES string of the molecule is OC1CCCCC1NCCN1CCNCC1. The quantitative estimate of drug-likeness (QED) is 0.622. The summed E-state index contributed by atoms with van der Waals surface area (Å²) >= 11 is 0. The van der Waals surface area contributed by atoms with Gasteiger partial charge >= 0.3 is 0 Å². The van der Waals surface area contributed by atoms with E-state index in [0.717, 1.165) is 52.1 Å². The van der Waals surface area contributed by atoms with E-state index in [-0.39, 0.29) is 6.10 Å². The van der Waals surface area contributed by atoms with Crippen LogP contribution >= 0.6 is 0 Å².